The minimum Gasteiger partial charge on any atom is -0.408 e. The van der Waals surface area contributed by atoms with Gasteiger partial charge in [-0.2, -0.15) is 0 Å². The summed E-state index contributed by atoms with van der Waals surface area (Å²) in [6.07, 6.45) is 0. The quantitative estimate of drug-likeness (QED) is 0.824. The molecule has 1 aromatic heterocycles. The lowest BCUT2D eigenvalue weighted by Crippen LogP contribution is -2.39. The van der Waals surface area contributed by atoms with Gasteiger partial charge < -0.3 is 15.1 Å². The summed E-state index contributed by atoms with van der Waals surface area (Å²) in [7, 11) is 1.68. The molecule has 0 bridgehead atoms. The van der Waals surface area contributed by atoms with Crippen molar-refractivity contribution in [2.24, 2.45) is 5.73 Å². The second-order valence-electron chi connectivity index (χ2n) is 4.33. The van der Waals surface area contributed by atoms with Crippen molar-refractivity contribution < 1.29 is 9.21 Å². The van der Waals surface area contributed by atoms with E-state index in [1.165, 1.54) is 4.90 Å². The van der Waals surface area contributed by atoms with E-state index >= 15 is 0 Å². The Kier molecular flexibility index (Phi) is 3.20. The minimum atomic E-state index is -0.524. The molecule has 0 spiro atoms. The van der Waals surface area contributed by atoms with Crippen molar-refractivity contribution in [3.05, 3.63) is 34.3 Å². The van der Waals surface area contributed by atoms with E-state index in [4.69, 9.17) is 10.2 Å². The van der Waals surface area contributed by atoms with Crippen LogP contribution in [0.4, 0.5) is 0 Å². The number of amides is 1. The lowest BCUT2D eigenvalue weighted by Gasteiger charge is -2.19. The monoisotopic (exact) mass is 249 g/mol. The Bertz CT molecular complexity index is 627. The van der Waals surface area contributed by atoms with Crippen LogP contribution in [0.5, 0.6) is 0 Å². The molecule has 1 unspecified atom stereocenters. The van der Waals surface area contributed by atoms with Gasteiger partial charge >= 0.3 is 5.76 Å². The van der Waals surface area contributed by atoms with Crippen LogP contribution in [0.3, 0.4) is 0 Å². The molecule has 0 saturated heterocycles. The third kappa shape index (κ3) is 2.43. The first kappa shape index (κ1) is 12.4. The molecular weight excluding hydrogens is 234 g/mol. The third-order valence-electron chi connectivity index (χ3n) is 2.67. The number of benzene rings is 1. The SMILES string of the molecule is CC(N)C(=O)N(C)Cc1ccc2[nH]c(=O)oc2c1. The fourth-order valence-corrected chi connectivity index (χ4v) is 1.79. The highest BCUT2D eigenvalue weighted by atomic mass is 16.4. The molecule has 0 radical (unpaired) electrons. The van der Waals surface area contributed by atoms with Crippen LogP contribution in [-0.4, -0.2) is 28.9 Å². The first-order valence-electron chi connectivity index (χ1n) is 5.59. The summed E-state index contributed by atoms with van der Waals surface area (Å²) in [6, 6.07) is 4.79. The molecule has 3 N–H and O–H groups in total. The maximum atomic E-state index is 11.6. The number of aromatic nitrogens is 1. The largest absolute Gasteiger partial charge is 0.417 e. The van der Waals surface area contributed by atoms with Gasteiger partial charge in [-0.15, -0.1) is 0 Å². The van der Waals surface area contributed by atoms with E-state index in [0.717, 1.165) is 5.56 Å². The number of aromatic amines is 1. The predicted octanol–water partition coefficient (Wildman–Crippen LogP) is 0.427. The molecule has 1 amide bonds. The van der Waals surface area contributed by atoms with Gasteiger partial charge in [0.1, 0.15) is 0 Å². The van der Waals surface area contributed by atoms with Crippen LogP contribution < -0.4 is 11.5 Å². The maximum absolute atomic E-state index is 11.6. The summed E-state index contributed by atoms with van der Waals surface area (Å²) in [5.74, 6) is -0.618. The Balaban J connectivity index is 2.21. The van der Waals surface area contributed by atoms with Gasteiger partial charge in [-0.3, -0.25) is 9.78 Å². The number of nitrogens with two attached hydrogens (primary N) is 1. The first-order valence-corrected chi connectivity index (χ1v) is 5.59. The summed E-state index contributed by atoms with van der Waals surface area (Å²) in [5, 5.41) is 0. The molecule has 0 saturated carbocycles. The zero-order chi connectivity index (χ0) is 13.3. The van der Waals surface area contributed by atoms with E-state index in [-0.39, 0.29) is 5.91 Å². The van der Waals surface area contributed by atoms with Crippen LogP contribution in [0.15, 0.2) is 27.4 Å². The smallest absolute Gasteiger partial charge is 0.408 e. The third-order valence-corrected chi connectivity index (χ3v) is 2.67. The molecule has 1 heterocycles. The number of hydrogen-bond acceptors (Lipinski definition) is 4. The van der Waals surface area contributed by atoms with Gasteiger partial charge in [0, 0.05) is 13.6 Å². The normalized spacial score (nSPS) is 12.6. The summed E-state index contributed by atoms with van der Waals surface area (Å²) in [6.45, 7) is 2.07. The summed E-state index contributed by atoms with van der Waals surface area (Å²) in [5.41, 5.74) is 7.53. The molecule has 18 heavy (non-hydrogen) atoms. The number of nitrogens with zero attached hydrogens (tertiary/aromatic N) is 1. The molecule has 1 atom stereocenters. The van der Waals surface area contributed by atoms with Crippen molar-refractivity contribution in [3.63, 3.8) is 0 Å². The zero-order valence-corrected chi connectivity index (χ0v) is 10.3. The van der Waals surface area contributed by atoms with Crippen LogP contribution >= 0.6 is 0 Å². The lowest BCUT2D eigenvalue weighted by atomic mass is 10.2. The highest BCUT2D eigenvalue weighted by molar-refractivity contribution is 5.81. The van der Waals surface area contributed by atoms with Crippen molar-refractivity contribution in [1.82, 2.24) is 9.88 Å². The number of hydrogen-bond donors (Lipinski definition) is 2. The predicted molar refractivity (Wildman–Crippen MR) is 67.0 cm³/mol. The average Bonchev–Trinajstić information content (AvgIpc) is 2.67. The highest BCUT2D eigenvalue weighted by Crippen LogP contribution is 2.13. The standard InChI is InChI=1S/C12H15N3O3/c1-7(13)11(16)15(2)6-8-3-4-9-10(5-8)18-12(17)14-9/h3-5,7H,6,13H2,1-2H3,(H,14,17). The van der Waals surface area contributed by atoms with E-state index in [2.05, 4.69) is 4.98 Å². The zero-order valence-electron chi connectivity index (χ0n) is 10.3. The topological polar surface area (TPSA) is 92.3 Å². The molecule has 2 aromatic rings. The number of likely N-dealkylation sites (N-methyl/N-ethyl adjacent to an activating group) is 1. The number of H-pyrrole nitrogens is 1. The Hall–Kier alpha value is -2.08. The van der Waals surface area contributed by atoms with Gasteiger partial charge in [0.25, 0.3) is 0 Å². The molecular formula is C12H15N3O3. The molecule has 96 valence electrons. The van der Waals surface area contributed by atoms with Crippen LogP contribution in [0.2, 0.25) is 0 Å². The number of fused-ring (bicyclic) bond motifs is 1. The Morgan fingerprint density at radius 3 is 2.94 bits per heavy atom. The molecule has 0 aliphatic rings. The molecule has 0 aliphatic carbocycles. The van der Waals surface area contributed by atoms with Crippen molar-refractivity contribution in [2.75, 3.05) is 7.05 Å². The fraction of sp³-hybridized carbons (Fsp3) is 0.333. The fourth-order valence-electron chi connectivity index (χ4n) is 1.79. The van der Waals surface area contributed by atoms with Gasteiger partial charge in [-0.25, -0.2) is 4.79 Å². The number of carbonyl (C=O) groups excluding carboxylic acids is 1. The maximum Gasteiger partial charge on any atom is 0.417 e. The number of rotatable bonds is 3. The van der Waals surface area contributed by atoms with Gasteiger partial charge in [-0.1, -0.05) is 6.07 Å². The van der Waals surface area contributed by atoms with E-state index in [9.17, 15) is 9.59 Å². The van der Waals surface area contributed by atoms with Crippen molar-refractivity contribution in [3.8, 4) is 0 Å². The minimum absolute atomic E-state index is 0.134. The number of carbonyl (C=O) groups is 1. The van der Waals surface area contributed by atoms with Crippen LogP contribution in [0, 0.1) is 0 Å². The molecule has 1 aromatic carbocycles. The highest BCUT2D eigenvalue weighted by Gasteiger charge is 2.14. The van der Waals surface area contributed by atoms with Crippen LogP contribution in [-0.2, 0) is 11.3 Å². The Morgan fingerprint density at radius 1 is 1.56 bits per heavy atom. The lowest BCUT2D eigenvalue weighted by molar-refractivity contribution is -0.131. The van der Waals surface area contributed by atoms with Gasteiger partial charge in [0.2, 0.25) is 5.91 Å². The van der Waals surface area contributed by atoms with Crippen molar-refractivity contribution in [2.45, 2.75) is 19.5 Å². The summed E-state index contributed by atoms with van der Waals surface area (Å²) >= 11 is 0. The van der Waals surface area contributed by atoms with Crippen molar-refractivity contribution in [1.29, 1.82) is 0 Å². The van der Waals surface area contributed by atoms with E-state index in [1.54, 1.807) is 26.1 Å². The van der Waals surface area contributed by atoms with Gasteiger partial charge in [0.15, 0.2) is 5.58 Å². The summed E-state index contributed by atoms with van der Waals surface area (Å²) < 4.78 is 4.96. The number of oxazole rings is 1. The van der Waals surface area contributed by atoms with Crippen molar-refractivity contribution >= 4 is 17.0 Å². The van der Waals surface area contributed by atoms with Crippen LogP contribution in [0.1, 0.15) is 12.5 Å². The van der Waals surface area contributed by atoms with E-state index in [0.29, 0.717) is 17.6 Å². The average molecular weight is 249 g/mol. The van der Waals surface area contributed by atoms with Crippen LogP contribution in [0.25, 0.3) is 11.1 Å². The molecule has 6 heteroatoms. The second kappa shape index (κ2) is 4.66. The van der Waals surface area contributed by atoms with Gasteiger partial charge in [0.05, 0.1) is 11.6 Å². The van der Waals surface area contributed by atoms with E-state index in [1.807, 2.05) is 6.07 Å². The molecule has 0 fully saturated rings. The van der Waals surface area contributed by atoms with E-state index < -0.39 is 11.8 Å². The summed E-state index contributed by atoms with van der Waals surface area (Å²) in [4.78, 5) is 26.7. The van der Waals surface area contributed by atoms with Gasteiger partial charge in [-0.05, 0) is 24.6 Å². The molecule has 6 nitrogen and oxygen atoms in total. The second-order valence-corrected chi connectivity index (χ2v) is 4.33. The Morgan fingerprint density at radius 2 is 2.28 bits per heavy atom. The first-order chi connectivity index (χ1) is 8.47. The number of nitrogens with one attached hydrogen (secondary N) is 1. The molecule has 2 rings (SSSR count). The molecule has 0 aliphatic heterocycles. The Labute approximate surface area is 103 Å².